The fourth-order valence-corrected chi connectivity index (χ4v) is 0.107. The van der Waals surface area contributed by atoms with Gasteiger partial charge in [-0.3, -0.25) is 9.59 Å². The molecule has 0 saturated heterocycles. The molecule has 0 aliphatic carbocycles. The minimum absolute atomic E-state index is 0.227. The van der Waals surface area contributed by atoms with E-state index >= 15 is 0 Å². The number of ketones is 1. The molecule has 0 aromatic rings. The second-order valence-electron chi connectivity index (χ2n) is 1.31. The van der Waals surface area contributed by atoms with Crippen LogP contribution in [0.25, 0.3) is 0 Å². The molecule has 3 nitrogen and oxygen atoms in total. The zero-order valence-electron chi connectivity index (χ0n) is 4.05. The van der Waals surface area contributed by atoms with Crippen LogP contribution in [0, 0.1) is 0 Å². The average Bonchev–Trinajstić information content (AvgIpc) is 1.65. The molecular formula is C4H7NO2. The van der Waals surface area contributed by atoms with Crippen LogP contribution < -0.4 is 5.73 Å². The summed E-state index contributed by atoms with van der Waals surface area (Å²) in [4.78, 5) is 19.5. The third-order valence-electron chi connectivity index (χ3n) is 0.565. The molecule has 0 bridgehead atoms. The number of Topliss-reactive ketones (excluding diaryl/α,β-unsaturated/α-hetero) is 1. The number of hydrogen-bond donors (Lipinski definition) is 1. The van der Waals surface area contributed by atoms with Crippen molar-refractivity contribution in [2.24, 2.45) is 5.73 Å². The molecule has 1 atom stereocenters. The molecule has 0 spiro atoms. The van der Waals surface area contributed by atoms with E-state index in [0.717, 1.165) is 0 Å². The van der Waals surface area contributed by atoms with Crippen LogP contribution in [0.1, 0.15) is 6.92 Å². The molecule has 0 amide bonds. The van der Waals surface area contributed by atoms with E-state index in [1.54, 1.807) is 0 Å². The molecular weight excluding hydrogens is 94.0 g/mol. The molecule has 0 aliphatic rings. The summed E-state index contributed by atoms with van der Waals surface area (Å²) in [5.41, 5.74) is 4.97. The second kappa shape index (κ2) is 2.47. The number of carbonyl (C=O) groups is 2. The highest BCUT2D eigenvalue weighted by Crippen LogP contribution is 1.70. The Labute approximate surface area is 41.5 Å². The lowest BCUT2D eigenvalue weighted by Gasteiger charge is -1.90. The van der Waals surface area contributed by atoms with Gasteiger partial charge in [0.05, 0.1) is 6.04 Å². The minimum Gasteiger partial charge on any atom is -0.321 e. The van der Waals surface area contributed by atoms with Crippen molar-refractivity contribution >= 4 is 12.1 Å². The third kappa shape index (κ3) is 2.05. The summed E-state index contributed by atoms with van der Waals surface area (Å²) >= 11 is 0. The van der Waals surface area contributed by atoms with E-state index in [2.05, 4.69) is 0 Å². The first kappa shape index (κ1) is 6.30. The predicted molar refractivity (Wildman–Crippen MR) is 24.7 cm³/mol. The van der Waals surface area contributed by atoms with Gasteiger partial charge in [-0.15, -0.1) is 0 Å². The number of carbonyl (C=O) groups excluding carboxylic acids is 2. The Bertz CT molecular complexity index is 87.7. The highest BCUT2D eigenvalue weighted by atomic mass is 16.2. The Morgan fingerprint density at radius 3 is 2.29 bits per heavy atom. The first-order chi connectivity index (χ1) is 3.18. The van der Waals surface area contributed by atoms with E-state index in [1.807, 2.05) is 0 Å². The average molecular weight is 101 g/mol. The standard InChI is InChI=1S/C4H7NO2/c1-3(5)4(7)2-6/h2-3H,5H2,1H3. The van der Waals surface area contributed by atoms with Gasteiger partial charge < -0.3 is 5.73 Å². The van der Waals surface area contributed by atoms with Crippen molar-refractivity contribution in [3.8, 4) is 0 Å². The molecule has 2 N–H and O–H groups in total. The zero-order valence-corrected chi connectivity index (χ0v) is 4.05. The predicted octanol–water partition coefficient (Wildman–Crippen LogP) is -0.898. The van der Waals surface area contributed by atoms with Crippen LogP contribution >= 0.6 is 0 Å². The van der Waals surface area contributed by atoms with Gasteiger partial charge in [0.25, 0.3) is 0 Å². The molecule has 0 fully saturated rings. The maximum absolute atomic E-state index is 10.0. The van der Waals surface area contributed by atoms with Gasteiger partial charge in [-0.05, 0) is 6.92 Å². The van der Waals surface area contributed by atoms with Gasteiger partial charge in [0.1, 0.15) is 0 Å². The lowest BCUT2D eigenvalue weighted by atomic mass is 10.3. The van der Waals surface area contributed by atoms with E-state index in [1.165, 1.54) is 6.92 Å². The summed E-state index contributed by atoms with van der Waals surface area (Å²) in [5.74, 6) is -0.556. The van der Waals surface area contributed by atoms with Gasteiger partial charge in [-0.2, -0.15) is 0 Å². The third-order valence-corrected chi connectivity index (χ3v) is 0.565. The number of aldehydes is 1. The van der Waals surface area contributed by atoms with Crippen molar-refractivity contribution in [2.45, 2.75) is 13.0 Å². The molecule has 3 heteroatoms. The van der Waals surface area contributed by atoms with Crippen molar-refractivity contribution in [1.29, 1.82) is 0 Å². The molecule has 0 aromatic heterocycles. The van der Waals surface area contributed by atoms with Crippen LogP contribution in [-0.2, 0) is 9.59 Å². The maximum Gasteiger partial charge on any atom is 0.211 e. The van der Waals surface area contributed by atoms with E-state index in [4.69, 9.17) is 5.73 Å². The minimum atomic E-state index is -0.641. The molecule has 7 heavy (non-hydrogen) atoms. The van der Waals surface area contributed by atoms with Crippen molar-refractivity contribution in [3.63, 3.8) is 0 Å². The van der Waals surface area contributed by atoms with Gasteiger partial charge in [0.2, 0.25) is 5.78 Å². The van der Waals surface area contributed by atoms with Crippen molar-refractivity contribution < 1.29 is 9.59 Å². The van der Waals surface area contributed by atoms with Gasteiger partial charge in [0.15, 0.2) is 6.29 Å². The summed E-state index contributed by atoms with van der Waals surface area (Å²) < 4.78 is 0. The van der Waals surface area contributed by atoms with Crippen molar-refractivity contribution in [1.82, 2.24) is 0 Å². The molecule has 40 valence electrons. The summed E-state index contributed by atoms with van der Waals surface area (Å²) in [6, 6.07) is -0.641. The Kier molecular flexibility index (Phi) is 2.22. The largest absolute Gasteiger partial charge is 0.321 e. The van der Waals surface area contributed by atoms with Gasteiger partial charge in [-0.25, -0.2) is 0 Å². The topological polar surface area (TPSA) is 60.2 Å². The normalized spacial score (nSPS) is 12.9. The lowest BCUT2D eigenvalue weighted by Crippen LogP contribution is -2.27. The van der Waals surface area contributed by atoms with Gasteiger partial charge in [0, 0.05) is 0 Å². The molecule has 0 aromatic carbocycles. The van der Waals surface area contributed by atoms with Crippen LogP contribution in [0.15, 0.2) is 0 Å². The monoisotopic (exact) mass is 101 g/mol. The van der Waals surface area contributed by atoms with E-state index in [9.17, 15) is 9.59 Å². The van der Waals surface area contributed by atoms with Gasteiger partial charge >= 0.3 is 0 Å². The molecule has 0 heterocycles. The van der Waals surface area contributed by atoms with Crippen LogP contribution in [0.5, 0.6) is 0 Å². The first-order valence-corrected chi connectivity index (χ1v) is 1.93. The van der Waals surface area contributed by atoms with E-state index in [-0.39, 0.29) is 6.29 Å². The van der Waals surface area contributed by atoms with Crippen LogP contribution in [0.4, 0.5) is 0 Å². The molecule has 1 unspecified atom stereocenters. The van der Waals surface area contributed by atoms with Crippen molar-refractivity contribution in [2.75, 3.05) is 0 Å². The Morgan fingerprint density at radius 1 is 1.86 bits per heavy atom. The number of nitrogens with two attached hydrogens (primary N) is 1. The fourth-order valence-electron chi connectivity index (χ4n) is 0.107. The quantitative estimate of drug-likeness (QED) is 0.362. The SMILES string of the molecule is CC(N)C(=O)C=O. The molecule has 0 aliphatic heterocycles. The van der Waals surface area contributed by atoms with E-state index in [0.29, 0.717) is 0 Å². The van der Waals surface area contributed by atoms with Crippen LogP contribution in [0.3, 0.4) is 0 Å². The zero-order chi connectivity index (χ0) is 5.86. The summed E-state index contributed by atoms with van der Waals surface area (Å²) in [6.07, 6.45) is 0.227. The van der Waals surface area contributed by atoms with Crippen LogP contribution in [0.2, 0.25) is 0 Å². The maximum atomic E-state index is 10.0. The Morgan fingerprint density at radius 2 is 2.29 bits per heavy atom. The fraction of sp³-hybridized carbons (Fsp3) is 0.500. The summed E-state index contributed by atoms with van der Waals surface area (Å²) in [7, 11) is 0. The molecule has 0 radical (unpaired) electrons. The first-order valence-electron chi connectivity index (χ1n) is 1.93. The lowest BCUT2D eigenvalue weighted by molar-refractivity contribution is -0.130. The number of rotatable bonds is 2. The second-order valence-corrected chi connectivity index (χ2v) is 1.31. The van der Waals surface area contributed by atoms with Crippen molar-refractivity contribution in [3.05, 3.63) is 0 Å². The molecule has 0 rings (SSSR count). The Hall–Kier alpha value is -0.700. The summed E-state index contributed by atoms with van der Waals surface area (Å²) in [6.45, 7) is 1.47. The highest BCUT2D eigenvalue weighted by molar-refractivity contribution is 6.27. The van der Waals surface area contributed by atoms with E-state index < -0.39 is 11.8 Å². The smallest absolute Gasteiger partial charge is 0.211 e. The summed E-state index contributed by atoms with van der Waals surface area (Å²) in [5, 5.41) is 0. The van der Waals surface area contributed by atoms with Crippen LogP contribution in [-0.4, -0.2) is 18.1 Å². The Balaban J connectivity index is 3.56. The van der Waals surface area contributed by atoms with Gasteiger partial charge in [-0.1, -0.05) is 0 Å². The highest BCUT2D eigenvalue weighted by Gasteiger charge is 2.02. The number of hydrogen-bond acceptors (Lipinski definition) is 3. The molecule has 0 saturated carbocycles.